The first-order chi connectivity index (χ1) is 11.1. The molecule has 7 heteroatoms. The molecular formula is C16H20N4O2S. The molecule has 1 N–H and O–H groups in total. The fourth-order valence-electron chi connectivity index (χ4n) is 3.43. The van der Waals surface area contributed by atoms with Gasteiger partial charge in [0.2, 0.25) is 5.82 Å². The van der Waals surface area contributed by atoms with E-state index in [0.717, 1.165) is 48.0 Å². The molecule has 0 unspecified atom stereocenters. The van der Waals surface area contributed by atoms with Crippen molar-refractivity contribution in [2.45, 2.75) is 37.8 Å². The summed E-state index contributed by atoms with van der Waals surface area (Å²) in [6, 6.07) is 3.09. The second-order valence-corrected chi connectivity index (χ2v) is 7.34. The first-order valence-corrected chi connectivity index (χ1v) is 8.97. The molecule has 1 aliphatic carbocycles. The largest absolute Gasteiger partial charge is 0.475 e. The number of carboxylic acids is 1. The summed E-state index contributed by atoms with van der Waals surface area (Å²) in [6.07, 6.45) is 4.91. The molecule has 2 aromatic heterocycles. The van der Waals surface area contributed by atoms with Gasteiger partial charge in [-0.3, -0.25) is 0 Å². The SMILES string of the molecule is CN(c1nc(C(=O)O)nc2ccsc12)C1CCN(C2CC2)CC1. The van der Waals surface area contributed by atoms with Crippen LogP contribution in [0, 0.1) is 0 Å². The summed E-state index contributed by atoms with van der Waals surface area (Å²) >= 11 is 1.57. The van der Waals surface area contributed by atoms with Gasteiger partial charge in [0.05, 0.1) is 10.2 Å². The van der Waals surface area contributed by atoms with Crippen LogP contribution in [-0.4, -0.2) is 58.2 Å². The molecule has 0 spiro atoms. The van der Waals surface area contributed by atoms with Crippen LogP contribution in [0.2, 0.25) is 0 Å². The minimum absolute atomic E-state index is 0.117. The number of rotatable bonds is 4. The molecule has 1 saturated carbocycles. The van der Waals surface area contributed by atoms with Gasteiger partial charge in [-0.25, -0.2) is 14.8 Å². The number of carbonyl (C=O) groups is 1. The number of fused-ring (bicyclic) bond motifs is 1. The van der Waals surface area contributed by atoms with Crippen LogP contribution in [0.1, 0.15) is 36.3 Å². The maximum Gasteiger partial charge on any atom is 0.374 e. The van der Waals surface area contributed by atoms with E-state index in [4.69, 9.17) is 0 Å². The third-order valence-corrected chi connectivity index (χ3v) is 5.82. The number of nitrogens with zero attached hydrogens (tertiary/aromatic N) is 4. The van der Waals surface area contributed by atoms with Crippen molar-refractivity contribution in [2.75, 3.05) is 25.0 Å². The van der Waals surface area contributed by atoms with Gasteiger partial charge in [-0.2, -0.15) is 0 Å². The molecule has 6 nitrogen and oxygen atoms in total. The molecule has 0 atom stereocenters. The van der Waals surface area contributed by atoms with Crippen molar-refractivity contribution in [3.8, 4) is 0 Å². The number of hydrogen-bond acceptors (Lipinski definition) is 6. The highest BCUT2D eigenvalue weighted by atomic mass is 32.1. The second-order valence-electron chi connectivity index (χ2n) is 6.42. The molecule has 1 saturated heterocycles. The van der Waals surface area contributed by atoms with Crippen LogP contribution < -0.4 is 4.90 Å². The number of piperidine rings is 1. The van der Waals surface area contributed by atoms with Crippen LogP contribution in [0.4, 0.5) is 5.82 Å². The zero-order chi connectivity index (χ0) is 16.0. The smallest absolute Gasteiger partial charge is 0.374 e. The molecule has 2 aliphatic rings. The van der Waals surface area contributed by atoms with Crippen molar-refractivity contribution in [3.05, 3.63) is 17.3 Å². The molecule has 3 heterocycles. The quantitative estimate of drug-likeness (QED) is 0.927. The maximum absolute atomic E-state index is 11.3. The van der Waals surface area contributed by atoms with E-state index in [-0.39, 0.29) is 5.82 Å². The van der Waals surface area contributed by atoms with Gasteiger partial charge in [0.25, 0.3) is 0 Å². The van der Waals surface area contributed by atoms with Crippen LogP contribution in [0.3, 0.4) is 0 Å². The Labute approximate surface area is 138 Å². The molecule has 4 rings (SSSR count). The molecule has 0 radical (unpaired) electrons. The summed E-state index contributed by atoms with van der Waals surface area (Å²) < 4.78 is 0.974. The highest BCUT2D eigenvalue weighted by Gasteiger charge is 2.33. The average Bonchev–Trinajstić information content (AvgIpc) is 3.30. The van der Waals surface area contributed by atoms with E-state index >= 15 is 0 Å². The number of thiophene rings is 1. The van der Waals surface area contributed by atoms with Crippen LogP contribution >= 0.6 is 11.3 Å². The highest BCUT2D eigenvalue weighted by molar-refractivity contribution is 7.17. The van der Waals surface area contributed by atoms with Crippen molar-refractivity contribution < 1.29 is 9.90 Å². The average molecular weight is 332 g/mol. The lowest BCUT2D eigenvalue weighted by molar-refractivity contribution is 0.0684. The Morgan fingerprint density at radius 1 is 1.30 bits per heavy atom. The van der Waals surface area contributed by atoms with Crippen molar-refractivity contribution in [3.63, 3.8) is 0 Å². The van der Waals surface area contributed by atoms with E-state index in [1.807, 2.05) is 18.5 Å². The minimum atomic E-state index is -1.07. The van der Waals surface area contributed by atoms with E-state index < -0.39 is 5.97 Å². The van der Waals surface area contributed by atoms with Crippen molar-refractivity contribution >= 4 is 33.3 Å². The van der Waals surface area contributed by atoms with E-state index in [0.29, 0.717) is 6.04 Å². The number of anilines is 1. The zero-order valence-electron chi connectivity index (χ0n) is 13.1. The predicted octanol–water partition coefficient (Wildman–Crippen LogP) is 2.45. The Morgan fingerprint density at radius 2 is 2.04 bits per heavy atom. The van der Waals surface area contributed by atoms with E-state index in [9.17, 15) is 9.90 Å². The Balaban J connectivity index is 1.60. The topological polar surface area (TPSA) is 69.6 Å². The van der Waals surface area contributed by atoms with Crippen molar-refractivity contribution in [1.29, 1.82) is 0 Å². The Kier molecular flexibility index (Phi) is 3.69. The summed E-state index contributed by atoms with van der Waals surface area (Å²) in [4.78, 5) is 24.5. The number of likely N-dealkylation sites (tertiary alicyclic amines) is 1. The molecule has 1 aliphatic heterocycles. The minimum Gasteiger partial charge on any atom is -0.475 e. The standard InChI is InChI=1S/C16H20N4O2S/c1-19(10-4-7-20(8-5-10)11-2-3-11)15-13-12(6-9-23-13)17-14(18-15)16(21)22/h6,9-11H,2-5,7-8H2,1H3,(H,21,22). The van der Waals surface area contributed by atoms with Gasteiger partial charge in [-0.1, -0.05) is 0 Å². The van der Waals surface area contributed by atoms with Gasteiger partial charge in [-0.05, 0) is 37.1 Å². The fourth-order valence-corrected chi connectivity index (χ4v) is 4.30. The van der Waals surface area contributed by atoms with Gasteiger partial charge in [-0.15, -0.1) is 11.3 Å². The van der Waals surface area contributed by atoms with Gasteiger partial charge in [0.1, 0.15) is 0 Å². The monoisotopic (exact) mass is 332 g/mol. The number of aromatic nitrogens is 2. The van der Waals surface area contributed by atoms with Crippen molar-refractivity contribution in [2.24, 2.45) is 0 Å². The summed E-state index contributed by atoms with van der Waals surface area (Å²) in [5.74, 6) is -0.434. The normalized spacial score (nSPS) is 20.0. The number of hydrogen-bond donors (Lipinski definition) is 1. The molecule has 0 amide bonds. The summed E-state index contributed by atoms with van der Waals surface area (Å²) in [7, 11) is 2.03. The third kappa shape index (κ3) is 2.79. The Hall–Kier alpha value is -1.73. The summed E-state index contributed by atoms with van der Waals surface area (Å²) in [5.41, 5.74) is 0.722. The lowest BCUT2D eigenvalue weighted by Crippen LogP contribution is -2.44. The lowest BCUT2D eigenvalue weighted by atomic mass is 10.0. The first kappa shape index (κ1) is 14.8. The highest BCUT2D eigenvalue weighted by Crippen LogP contribution is 2.33. The summed E-state index contributed by atoms with van der Waals surface area (Å²) in [5, 5.41) is 11.2. The number of carboxylic acid groups (broad SMARTS) is 1. The molecule has 2 aromatic rings. The fraction of sp³-hybridized carbons (Fsp3) is 0.562. The first-order valence-electron chi connectivity index (χ1n) is 8.09. The Morgan fingerprint density at radius 3 is 2.70 bits per heavy atom. The second kappa shape index (κ2) is 5.72. The van der Waals surface area contributed by atoms with Crippen LogP contribution in [0.15, 0.2) is 11.4 Å². The van der Waals surface area contributed by atoms with Gasteiger partial charge in [0, 0.05) is 32.2 Å². The van der Waals surface area contributed by atoms with Crippen LogP contribution in [0.5, 0.6) is 0 Å². The van der Waals surface area contributed by atoms with Crippen LogP contribution in [0.25, 0.3) is 10.2 Å². The van der Waals surface area contributed by atoms with Crippen molar-refractivity contribution in [1.82, 2.24) is 14.9 Å². The number of aromatic carboxylic acids is 1. The molecule has 0 aromatic carbocycles. The van der Waals surface area contributed by atoms with Gasteiger partial charge in [0.15, 0.2) is 5.82 Å². The predicted molar refractivity (Wildman–Crippen MR) is 90.4 cm³/mol. The molecule has 0 bridgehead atoms. The third-order valence-electron chi connectivity index (χ3n) is 4.92. The zero-order valence-corrected chi connectivity index (χ0v) is 13.9. The molecule has 122 valence electrons. The molecule has 23 heavy (non-hydrogen) atoms. The van der Waals surface area contributed by atoms with E-state index in [2.05, 4.69) is 19.8 Å². The summed E-state index contributed by atoms with van der Waals surface area (Å²) in [6.45, 7) is 2.26. The lowest BCUT2D eigenvalue weighted by Gasteiger charge is -2.37. The molecular weight excluding hydrogens is 312 g/mol. The van der Waals surface area contributed by atoms with Gasteiger partial charge >= 0.3 is 5.97 Å². The van der Waals surface area contributed by atoms with Crippen LogP contribution in [-0.2, 0) is 0 Å². The van der Waals surface area contributed by atoms with E-state index in [1.165, 1.54) is 12.8 Å². The molecule has 2 fully saturated rings. The Bertz CT molecular complexity index is 735. The maximum atomic E-state index is 11.3. The van der Waals surface area contributed by atoms with Gasteiger partial charge < -0.3 is 14.9 Å². The van der Waals surface area contributed by atoms with E-state index in [1.54, 1.807) is 11.3 Å².